The highest BCUT2D eigenvalue weighted by Gasteiger charge is 2.38. The van der Waals surface area contributed by atoms with Crippen LogP contribution in [-0.4, -0.2) is 75.3 Å². The minimum atomic E-state index is -3.86. The SMILES string of the molecule is COc1ccccc1-c1ccc2c(c1)O[C@H](CN(C)CC1CC1)[C@H](C)CN([C@@H](C)CO)S2(=O)=O. The number of nitrogens with zero attached hydrogens (tertiary/aromatic N) is 2. The smallest absolute Gasteiger partial charge is 0.247 e. The van der Waals surface area contributed by atoms with E-state index in [0.29, 0.717) is 24.6 Å². The average molecular weight is 489 g/mol. The second kappa shape index (κ2) is 10.2. The maximum absolute atomic E-state index is 13.7. The lowest BCUT2D eigenvalue weighted by Crippen LogP contribution is -2.49. The molecule has 34 heavy (non-hydrogen) atoms. The Morgan fingerprint density at radius 3 is 2.62 bits per heavy atom. The Morgan fingerprint density at radius 1 is 1.21 bits per heavy atom. The Kier molecular flexibility index (Phi) is 7.52. The summed E-state index contributed by atoms with van der Waals surface area (Å²) in [6.45, 7) is 5.54. The van der Waals surface area contributed by atoms with Gasteiger partial charge in [-0.1, -0.05) is 31.2 Å². The van der Waals surface area contributed by atoms with E-state index in [1.54, 1.807) is 32.2 Å². The molecule has 3 atom stereocenters. The molecule has 1 N–H and O–H groups in total. The number of ether oxygens (including phenoxy) is 2. The number of benzene rings is 2. The van der Waals surface area contributed by atoms with E-state index >= 15 is 0 Å². The molecule has 0 radical (unpaired) electrons. The van der Waals surface area contributed by atoms with Crippen molar-refractivity contribution >= 4 is 10.0 Å². The summed E-state index contributed by atoms with van der Waals surface area (Å²) < 4.78 is 40.8. The minimum absolute atomic E-state index is 0.0616. The predicted molar refractivity (Wildman–Crippen MR) is 133 cm³/mol. The largest absolute Gasteiger partial charge is 0.496 e. The molecule has 0 amide bonds. The van der Waals surface area contributed by atoms with Crippen molar-refractivity contribution in [2.45, 2.75) is 43.7 Å². The van der Waals surface area contributed by atoms with Gasteiger partial charge in [0.15, 0.2) is 0 Å². The summed E-state index contributed by atoms with van der Waals surface area (Å²) in [6.07, 6.45) is 2.35. The van der Waals surface area contributed by atoms with Crippen LogP contribution in [0.3, 0.4) is 0 Å². The zero-order chi connectivity index (χ0) is 24.5. The monoisotopic (exact) mass is 488 g/mol. The lowest BCUT2D eigenvalue weighted by atomic mass is 10.0. The van der Waals surface area contributed by atoms with Crippen molar-refractivity contribution in [3.05, 3.63) is 42.5 Å². The molecule has 8 heteroatoms. The van der Waals surface area contributed by atoms with Crippen molar-refractivity contribution in [1.29, 1.82) is 0 Å². The van der Waals surface area contributed by atoms with Crippen molar-refractivity contribution in [3.63, 3.8) is 0 Å². The second-order valence-electron chi connectivity index (χ2n) is 9.77. The van der Waals surface area contributed by atoms with Gasteiger partial charge in [0.1, 0.15) is 22.5 Å². The van der Waals surface area contributed by atoms with Gasteiger partial charge in [0.2, 0.25) is 10.0 Å². The molecular formula is C26H36N2O5S. The normalized spacial score (nSPS) is 23.5. The number of sulfonamides is 1. The summed E-state index contributed by atoms with van der Waals surface area (Å²) in [5.41, 5.74) is 1.69. The molecule has 0 spiro atoms. The number of hydrogen-bond donors (Lipinski definition) is 1. The van der Waals surface area contributed by atoms with Gasteiger partial charge in [-0.3, -0.25) is 0 Å². The Morgan fingerprint density at radius 2 is 1.94 bits per heavy atom. The van der Waals surface area contributed by atoms with E-state index in [4.69, 9.17) is 9.47 Å². The van der Waals surface area contributed by atoms with Crippen LogP contribution in [0.1, 0.15) is 26.7 Å². The molecule has 186 valence electrons. The van der Waals surface area contributed by atoms with Crippen molar-refractivity contribution in [2.75, 3.05) is 40.4 Å². The lowest BCUT2D eigenvalue weighted by molar-refractivity contribution is 0.0741. The quantitative estimate of drug-likeness (QED) is 0.613. The van der Waals surface area contributed by atoms with Crippen LogP contribution in [0.2, 0.25) is 0 Å². The van der Waals surface area contributed by atoms with Gasteiger partial charge in [0.25, 0.3) is 0 Å². The zero-order valence-corrected chi connectivity index (χ0v) is 21.3. The van der Waals surface area contributed by atoms with Crippen molar-refractivity contribution in [2.24, 2.45) is 11.8 Å². The second-order valence-corrected chi connectivity index (χ2v) is 11.6. The Bertz CT molecular complexity index is 1100. The summed E-state index contributed by atoms with van der Waals surface area (Å²) in [7, 11) is -0.138. The first-order chi connectivity index (χ1) is 16.2. The van der Waals surface area contributed by atoms with E-state index < -0.39 is 16.1 Å². The Labute approximate surface area is 203 Å². The number of aliphatic hydroxyl groups is 1. The molecule has 0 aromatic heterocycles. The van der Waals surface area contributed by atoms with Crippen LogP contribution in [0.4, 0.5) is 0 Å². The number of hydrogen-bond acceptors (Lipinski definition) is 6. The van der Waals surface area contributed by atoms with Crippen LogP contribution in [0, 0.1) is 11.8 Å². The van der Waals surface area contributed by atoms with Crippen LogP contribution in [0.5, 0.6) is 11.5 Å². The van der Waals surface area contributed by atoms with Crippen LogP contribution in [0.25, 0.3) is 11.1 Å². The van der Waals surface area contributed by atoms with Crippen molar-refractivity contribution < 1.29 is 23.0 Å². The molecule has 1 fully saturated rings. The van der Waals surface area contributed by atoms with Gasteiger partial charge in [0, 0.05) is 37.2 Å². The van der Waals surface area contributed by atoms with Gasteiger partial charge in [-0.15, -0.1) is 0 Å². The third-order valence-electron chi connectivity index (χ3n) is 6.84. The number of fused-ring (bicyclic) bond motifs is 1. The molecule has 0 bridgehead atoms. The predicted octanol–water partition coefficient (Wildman–Crippen LogP) is 3.47. The van der Waals surface area contributed by atoms with Gasteiger partial charge in [-0.2, -0.15) is 4.31 Å². The van der Waals surface area contributed by atoms with Gasteiger partial charge >= 0.3 is 0 Å². The Balaban J connectivity index is 1.77. The third-order valence-corrected chi connectivity index (χ3v) is 8.86. The molecule has 0 saturated heterocycles. The average Bonchev–Trinajstić information content (AvgIpc) is 3.64. The molecule has 2 aromatic carbocycles. The van der Waals surface area contributed by atoms with Gasteiger partial charge in [-0.05, 0) is 56.5 Å². The zero-order valence-electron chi connectivity index (χ0n) is 20.5. The number of methoxy groups -OCH3 is 1. The minimum Gasteiger partial charge on any atom is -0.496 e. The van der Waals surface area contributed by atoms with Gasteiger partial charge in [-0.25, -0.2) is 8.42 Å². The number of aliphatic hydroxyl groups excluding tert-OH is 1. The number of rotatable bonds is 8. The van der Waals surface area contributed by atoms with Crippen molar-refractivity contribution in [3.8, 4) is 22.6 Å². The van der Waals surface area contributed by atoms with Crippen LogP contribution < -0.4 is 9.47 Å². The first kappa shape index (κ1) is 25.0. The van der Waals surface area contributed by atoms with Crippen LogP contribution >= 0.6 is 0 Å². The molecule has 1 saturated carbocycles. The molecule has 0 unspecified atom stereocenters. The fraction of sp³-hybridized carbons (Fsp3) is 0.538. The topological polar surface area (TPSA) is 79.3 Å². The molecule has 1 aliphatic carbocycles. The fourth-order valence-corrected chi connectivity index (χ4v) is 6.44. The summed E-state index contributed by atoms with van der Waals surface area (Å²) >= 11 is 0. The molecule has 2 aliphatic rings. The first-order valence-electron chi connectivity index (χ1n) is 12.0. The highest BCUT2D eigenvalue weighted by Crippen LogP contribution is 2.39. The van der Waals surface area contributed by atoms with E-state index in [0.717, 1.165) is 23.6 Å². The molecule has 1 aliphatic heterocycles. The number of para-hydroxylation sites is 1. The summed E-state index contributed by atoms with van der Waals surface area (Å²) in [5.74, 6) is 1.74. The van der Waals surface area contributed by atoms with E-state index in [1.807, 2.05) is 31.2 Å². The van der Waals surface area contributed by atoms with Crippen LogP contribution in [-0.2, 0) is 10.0 Å². The maximum Gasteiger partial charge on any atom is 0.247 e. The maximum atomic E-state index is 13.7. The lowest BCUT2D eigenvalue weighted by Gasteiger charge is -2.37. The summed E-state index contributed by atoms with van der Waals surface area (Å²) in [4.78, 5) is 2.42. The standard InChI is InChI=1S/C26H36N2O5S/c1-18-14-28(19(2)17-29)34(30,31)26-12-11-21(22-7-5-6-8-23(22)32-4)13-24(26)33-25(18)16-27(3)15-20-9-10-20/h5-8,11-13,18-20,25,29H,9-10,14-17H2,1-4H3/t18-,19+,25-/m1/s1. The van der Waals surface area contributed by atoms with E-state index in [2.05, 4.69) is 11.9 Å². The highest BCUT2D eigenvalue weighted by atomic mass is 32.2. The summed E-state index contributed by atoms with van der Waals surface area (Å²) in [5, 5.41) is 9.82. The van der Waals surface area contributed by atoms with Crippen LogP contribution in [0.15, 0.2) is 47.4 Å². The molecule has 2 aromatic rings. The molecule has 7 nitrogen and oxygen atoms in total. The highest BCUT2D eigenvalue weighted by molar-refractivity contribution is 7.89. The molecule has 4 rings (SSSR count). The van der Waals surface area contributed by atoms with E-state index in [1.165, 1.54) is 17.1 Å². The number of likely N-dealkylation sites (N-methyl/N-ethyl adjacent to an activating group) is 1. The molecular weight excluding hydrogens is 452 g/mol. The van der Waals surface area contributed by atoms with E-state index in [-0.39, 0.29) is 23.5 Å². The fourth-order valence-electron chi connectivity index (χ4n) is 4.62. The first-order valence-corrected chi connectivity index (χ1v) is 13.4. The summed E-state index contributed by atoms with van der Waals surface area (Å²) in [6, 6.07) is 12.3. The molecule has 1 heterocycles. The third kappa shape index (κ3) is 5.25. The van der Waals surface area contributed by atoms with Gasteiger partial charge in [0.05, 0.1) is 13.7 Å². The van der Waals surface area contributed by atoms with Gasteiger partial charge < -0.3 is 19.5 Å². The Hall–Kier alpha value is -2.13. The van der Waals surface area contributed by atoms with Crippen molar-refractivity contribution in [1.82, 2.24) is 9.21 Å². The van der Waals surface area contributed by atoms with E-state index in [9.17, 15) is 13.5 Å².